The molecule has 0 spiro atoms. The van der Waals surface area contributed by atoms with Gasteiger partial charge in [0.15, 0.2) is 10.9 Å². The van der Waals surface area contributed by atoms with Crippen molar-refractivity contribution >= 4 is 34.7 Å². The average molecular weight is 289 g/mol. The van der Waals surface area contributed by atoms with E-state index in [2.05, 4.69) is 10.6 Å². The maximum Gasteiger partial charge on any atom is 0.260 e. The van der Waals surface area contributed by atoms with Crippen LogP contribution in [0.5, 0.6) is 0 Å². The van der Waals surface area contributed by atoms with Crippen LogP contribution in [0, 0.1) is 0 Å². The van der Waals surface area contributed by atoms with E-state index in [0.717, 1.165) is 0 Å². The summed E-state index contributed by atoms with van der Waals surface area (Å²) in [7, 11) is 0. The van der Waals surface area contributed by atoms with Crippen molar-refractivity contribution in [2.24, 2.45) is 0 Å². The molecule has 20 heavy (non-hydrogen) atoms. The van der Waals surface area contributed by atoms with Crippen LogP contribution in [0.2, 0.25) is 0 Å². The van der Waals surface area contributed by atoms with E-state index in [4.69, 9.17) is 12.2 Å². The molecular weight excluding hydrogens is 274 g/mol. The lowest BCUT2D eigenvalue weighted by molar-refractivity contribution is -0.119. The molecule has 0 unspecified atom stereocenters. The number of Topliss-reactive ketones (excluding diaryl/α,β-unsaturated/α-hetero) is 1. The molecule has 0 radical (unpaired) electrons. The molecule has 1 fully saturated rings. The second-order valence-corrected chi connectivity index (χ2v) is 4.73. The second-order valence-electron chi connectivity index (χ2n) is 4.34. The van der Waals surface area contributed by atoms with Gasteiger partial charge in [-0.2, -0.15) is 0 Å². The molecule has 1 aliphatic heterocycles. The molecule has 2 rings (SSSR count). The number of benzene rings is 1. The number of thiocarbonyl (C=S) groups is 1. The Morgan fingerprint density at radius 3 is 2.60 bits per heavy atom. The predicted octanol–water partition coefficient (Wildman–Crippen LogP) is 1.29. The van der Waals surface area contributed by atoms with Gasteiger partial charge in [0.25, 0.3) is 5.91 Å². The number of ketones is 1. The van der Waals surface area contributed by atoms with E-state index in [1.807, 2.05) is 18.2 Å². The number of hydrogen-bond donors (Lipinski definition) is 2. The molecule has 1 aliphatic rings. The number of amides is 1. The van der Waals surface area contributed by atoms with Crippen LogP contribution in [-0.2, 0) is 9.59 Å². The van der Waals surface area contributed by atoms with Crippen LogP contribution >= 0.6 is 12.2 Å². The van der Waals surface area contributed by atoms with Crippen LogP contribution < -0.4 is 10.6 Å². The highest BCUT2D eigenvalue weighted by Gasteiger charge is 2.20. The molecular formula is C14H15N3O2S. The van der Waals surface area contributed by atoms with Gasteiger partial charge in [0.05, 0.1) is 5.57 Å². The van der Waals surface area contributed by atoms with Gasteiger partial charge in [0.1, 0.15) is 0 Å². The van der Waals surface area contributed by atoms with Crippen LogP contribution in [0.25, 0.3) is 0 Å². The molecule has 1 amide bonds. The van der Waals surface area contributed by atoms with Crippen molar-refractivity contribution in [3.63, 3.8) is 0 Å². The first kappa shape index (κ1) is 14.2. The van der Waals surface area contributed by atoms with Crippen molar-refractivity contribution in [2.75, 3.05) is 18.4 Å². The summed E-state index contributed by atoms with van der Waals surface area (Å²) in [6.45, 7) is 2.72. The summed E-state index contributed by atoms with van der Waals surface area (Å²) in [6.07, 6.45) is 1.50. The Kier molecular flexibility index (Phi) is 4.47. The highest BCUT2D eigenvalue weighted by atomic mass is 32.1. The number of rotatable bonds is 4. The lowest BCUT2D eigenvalue weighted by atomic mass is 10.1. The summed E-state index contributed by atoms with van der Waals surface area (Å²) >= 11 is 5.09. The standard InChI is InChI=1S/C14H15N3O2S/c1-10(18)12(9-17-8-7-15-14(17)20)13(19)16-11-5-3-2-4-6-11/h2-6,9H,7-8H2,1H3,(H,15,20)(H,16,19). The summed E-state index contributed by atoms with van der Waals surface area (Å²) in [5.41, 5.74) is 0.728. The summed E-state index contributed by atoms with van der Waals surface area (Å²) in [4.78, 5) is 25.5. The van der Waals surface area contributed by atoms with Gasteiger partial charge in [-0.05, 0) is 31.3 Å². The van der Waals surface area contributed by atoms with Gasteiger partial charge < -0.3 is 15.5 Å². The van der Waals surface area contributed by atoms with Crippen LogP contribution in [0.4, 0.5) is 5.69 Å². The minimum Gasteiger partial charge on any atom is -0.360 e. The van der Waals surface area contributed by atoms with Crippen LogP contribution in [-0.4, -0.2) is 34.8 Å². The summed E-state index contributed by atoms with van der Waals surface area (Å²) in [5, 5.41) is 6.19. The van der Waals surface area contributed by atoms with Gasteiger partial charge >= 0.3 is 0 Å². The summed E-state index contributed by atoms with van der Waals surface area (Å²) in [6, 6.07) is 9.00. The van der Waals surface area contributed by atoms with E-state index >= 15 is 0 Å². The number of nitrogens with one attached hydrogen (secondary N) is 2. The molecule has 0 aromatic heterocycles. The quantitative estimate of drug-likeness (QED) is 0.378. The van der Waals surface area contributed by atoms with Crippen molar-refractivity contribution in [1.82, 2.24) is 10.2 Å². The smallest absolute Gasteiger partial charge is 0.260 e. The number of carbonyl (C=O) groups excluding carboxylic acids is 2. The van der Waals surface area contributed by atoms with Gasteiger partial charge in [-0.25, -0.2) is 0 Å². The minimum absolute atomic E-state index is 0.0832. The first-order valence-corrected chi connectivity index (χ1v) is 6.62. The molecule has 0 saturated carbocycles. The third-order valence-corrected chi connectivity index (χ3v) is 3.21. The second kappa shape index (κ2) is 6.29. The molecule has 1 aromatic rings. The summed E-state index contributed by atoms with van der Waals surface area (Å²) in [5.74, 6) is -0.730. The first-order valence-electron chi connectivity index (χ1n) is 6.21. The van der Waals surface area contributed by atoms with Gasteiger partial charge in [0.2, 0.25) is 0 Å². The molecule has 1 aromatic carbocycles. The van der Waals surface area contributed by atoms with Crippen LogP contribution in [0.3, 0.4) is 0 Å². The van der Waals surface area contributed by atoms with E-state index in [1.165, 1.54) is 13.1 Å². The fourth-order valence-corrected chi connectivity index (χ4v) is 2.04. The maximum atomic E-state index is 12.2. The lowest BCUT2D eigenvalue weighted by Gasteiger charge is -2.13. The molecule has 0 atom stereocenters. The normalized spacial score (nSPS) is 14.9. The first-order chi connectivity index (χ1) is 9.58. The Hall–Kier alpha value is -2.21. The SMILES string of the molecule is CC(=O)C(=CN1CCNC1=S)C(=O)Nc1ccccc1. The molecule has 1 heterocycles. The molecule has 2 N–H and O–H groups in total. The van der Waals surface area contributed by atoms with Crippen molar-refractivity contribution in [1.29, 1.82) is 0 Å². The van der Waals surface area contributed by atoms with E-state index < -0.39 is 5.91 Å². The maximum absolute atomic E-state index is 12.2. The lowest BCUT2D eigenvalue weighted by Crippen LogP contribution is -2.27. The van der Waals surface area contributed by atoms with E-state index in [9.17, 15) is 9.59 Å². The third kappa shape index (κ3) is 3.42. The Bertz CT molecular complexity index is 569. The largest absolute Gasteiger partial charge is 0.360 e. The molecule has 1 saturated heterocycles. The molecule has 0 aliphatic carbocycles. The average Bonchev–Trinajstić information content (AvgIpc) is 2.82. The molecule has 5 nitrogen and oxygen atoms in total. The molecule has 0 bridgehead atoms. The number of carbonyl (C=O) groups is 2. The van der Waals surface area contributed by atoms with Gasteiger partial charge in [0, 0.05) is 25.0 Å². The number of anilines is 1. The fourth-order valence-electron chi connectivity index (χ4n) is 1.79. The van der Waals surface area contributed by atoms with Gasteiger partial charge in [-0.1, -0.05) is 18.2 Å². The summed E-state index contributed by atoms with van der Waals surface area (Å²) < 4.78 is 0. The van der Waals surface area contributed by atoms with Crippen molar-refractivity contribution in [3.8, 4) is 0 Å². The van der Waals surface area contributed by atoms with E-state index in [0.29, 0.717) is 23.9 Å². The Morgan fingerprint density at radius 1 is 1.35 bits per heavy atom. The Balaban J connectivity index is 2.16. The topological polar surface area (TPSA) is 61.4 Å². The van der Waals surface area contributed by atoms with Crippen molar-refractivity contribution in [2.45, 2.75) is 6.92 Å². The van der Waals surface area contributed by atoms with E-state index in [-0.39, 0.29) is 11.4 Å². The Labute approximate surface area is 122 Å². The monoisotopic (exact) mass is 289 g/mol. The van der Waals surface area contributed by atoms with Gasteiger partial charge in [-0.3, -0.25) is 9.59 Å². The fraction of sp³-hybridized carbons (Fsp3) is 0.214. The zero-order chi connectivity index (χ0) is 14.5. The molecule has 6 heteroatoms. The van der Waals surface area contributed by atoms with Crippen molar-refractivity contribution < 1.29 is 9.59 Å². The number of nitrogens with zero attached hydrogens (tertiary/aromatic N) is 1. The van der Waals surface area contributed by atoms with Gasteiger partial charge in [-0.15, -0.1) is 0 Å². The van der Waals surface area contributed by atoms with Crippen molar-refractivity contribution in [3.05, 3.63) is 42.1 Å². The highest BCUT2D eigenvalue weighted by Crippen LogP contribution is 2.10. The number of para-hydroxylation sites is 1. The van der Waals surface area contributed by atoms with Crippen LogP contribution in [0.1, 0.15) is 6.92 Å². The minimum atomic E-state index is -0.432. The Morgan fingerprint density at radius 2 is 2.05 bits per heavy atom. The number of hydrogen-bond acceptors (Lipinski definition) is 3. The zero-order valence-corrected chi connectivity index (χ0v) is 11.9. The predicted molar refractivity (Wildman–Crippen MR) is 81.1 cm³/mol. The van der Waals surface area contributed by atoms with E-state index in [1.54, 1.807) is 17.0 Å². The molecule has 104 valence electrons. The third-order valence-electron chi connectivity index (χ3n) is 2.83. The highest BCUT2D eigenvalue weighted by molar-refractivity contribution is 7.80. The van der Waals surface area contributed by atoms with Crippen LogP contribution in [0.15, 0.2) is 42.1 Å². The zero-order valence-electron chi connectivity index (χ0n) is 11.1.